The first-order chi connectivity index (χ1) is 5.93. The fourth-order valence-corrected chi connectivity index (χ4v) is 1.82. The van der Waals surface area contributed by atoms with Gasteiger partial charge in [-0.1, -0.05) is 44.8 Å². The van der Waals surface area contributed by atoms with Gasteiger partial charge in [0.15, 0.2) is 0 Å². The van der Waals surface area contributed by atoms with E-state index >= 15 is 0 Å². The van der Waals surface area contributed by atoms with Crippen LogP contribution in [-0.4, -0.2) is 0 Å². The molecule has 1 aliphatic carbocycles. The van der Waals surface area contributed by atoms with Crippen LogP contribution in [0.15, 0.2) is 12.2 Å². The largest absolute Gasteiger partial charge is 0.0883 e. The molecule has 0 spiro atoms. The van der Waals surface area contributed by atoms with E-state index in [0.29, 0.717) is 0 Å². The van der Waals surface area contributed by atoms with E-state index in [4.69, 9.17) is 0 Å². The normalized spacial score (nSPS) is 29.6. The van der Waals surface area contributed by atoms with Crippen molar-refractivity contribution in [1.82, 2.24) is 0 Å². The maximum Gasteiger partial charge on any atom is -0.0234 e. The lowest BCUT2D eigenvalue weighted by Gasteiger charge is -2.11. The molecule has 12 heavy (non-hydrogen) atoms. The monoisotopic (exact) mass is 165 g/mol. The summed E-state index contributed by atoms with van der Waals surface area (Å²) < 4.78 is 0. The van der Waals surface area contributed by atoms with Crippen LogP contribution in [0.25, 0.3) is 0 Å². The second kappa shape index (κ2) is 6.28. The third-order valence-electron chi connectivity index (χ3n) is 2.72. The molecular weight excluding hydrogens is 144 g/mol. The molecule has 0 nitrogen and oxygen atoms in total. The van der Waals surface area contributed by atoms with Crippen molar-refractivity contribution in [3.63, 3.8) is 0 Å². The van der Waals surface area contributed by atoms with Gasteiger partial charge in [0, 0.05) is 0 Å². The molecule has 0 saturated heterocycles. The molecule has 1 rings (SSSR count). The molecule has 1 atom stereocenters. The van der Waals surface area contributed by atoms with E-state index in [1.165, 1.54) is 44.9 Å². The van der Waals surface area contributed by atoms with E-state index in [0.717, 1.165) is 12.3 Å². The maximum atomic E-state index is 3.98. The van der Waals surface area contributed by atoms with Crippen LogP contribution in [0, 0.1) is 12.8 Å². The van der Waals surface area contributed by atoms with Crippen molar-refractivity contribution in [1.29, 1.82) is 0 Å². The predicted molar refractivity (Wildman–Crippen MR) is 54.9 cm³/mol. The van der Waals surface area contributed by atoms with Crippen LogP contribution < -0.4 is 0 Å². The van der Waals surface area contributed by atoms with Crippen molar-refractivity contribution >= 4 is 0 Å². The average molecular weight is 165 g/mol. The molecule has 0 bridgehead atoms. The molecule has 0 aromatic carbocycles. The van der Waals surface area contributed by atoms with Crippen molar-refractivity contribution in [2.45, 2.75) is 51.4 Å². The van der Waals surface area contributed by atoms with Crippen molar-refractivity contribution in [2.24, 2.45) is 5.92 Å². The van der Waals surface area contributed by atoms with Crippen molar-refractivity contribution in [3.8, 4) is 0 Å². The van der Waals surface area contributed by atoms with Crippen LogP contribution in [0.1, 0.15) is 51.4 Å². The average Bonchev–Trinajstić information content (AvgIpc) is 2.14. The molecule has 1 aliphatic rings. The minimum absolute atomic E-state index is 0.767. The maximum absolute atomic E-state index is 3.98. The van der Waals surface area contributed by atoms with Crippen molar-refractivity contribution in [3.05, 3.63) is 19.1 Å². The lowest BCUT2D eigenvalue weighted by molar-refractivity contribution is 0.514. The Hall–Kier alpha value is -0.260. The molecule has 0 heteroatoms. The fourth-order valence-electron chi connectivity index (χ4n) is 1.82. The van der Waals surface area contributed by atoms with E-state index in [1.54, 1.807) is 0 Å². The van der Waals surface area contributed by atoms with Gasteiger partial charge >= 0.3 is 0 Å². The van der Waals surface area contributed by atoms with Crippen molar-refractivity contribution in [2.75, 3.05) is 0 Å². The first-order valence-corrected chi connectivity index (χ1v) is 5.39. The Kier molecular flexibility index (Phi) is 5.14. The summed E-state index contributed by atoms with van der Waals surface area (Å²) in [4.78, 5) is 0. The summed E-state index contributed by atoms with van der Waals surface area (Å²) in [6, 6.07) is 0. The van der Waals surface area contributed by atoms with Gasteiger partial charge in [0.2, 0.25) is 0 Å². The van der Waals surface area contributed by atoms with Gasteiger partial charge in [0.1, 0.15) is 0 Å². The predicted octanol–water partition coefficient (Wildman–Crippen LogP) is 4.13. The zero-order valence-electron chi connectivity index (χ0n) is 8.10. The lowest BCUT2D eigenvalue weighted by atomic mass is 9.95. The summed E-state index contributed by atoms with van der Waals surface area (Å²) in [6.07, 6.45) is 15.6. The summed E-state index contributed by atoms with van der Waals surface area (Å²) in [5, 5.41) is 0. The van der Waals surface area contributed by atoms with Crippen molar-refractivity contribution < 1.29 is 0 Å². The molecule has 0 saturated carbocycles. The van der Waals surface area contributed by atoms with Crippen LogP contribution in [-0.2, 0) is 0 Å². The Labute approximate surface area is 77.1 Å². The molecule has 0 heterocycles. The molecule has 0 aromatic heterocycles. The summed E-state index contributed by atoms with van der Waals surface area (Å²) in [5.41, 5.74) is 0. The molecule has 0 aliphatic heterocycles. The van der Waals surface area contributed by atoms with E-state index < -0.39 is 0 Å². The van der Waals surface area contributed by atoms with E-state index in [2.05, 4.69) is 19.1 Å². The molecule has 1 unspecified atom stereocenters. The van der Waals surface area contributed by atoms with Gasteiger partial charge < -0.3 is 0 Å². The molecule has 0 aromatic rings. The Morgan fingerprint density at radius 2 is 1.83 bits per heavy atom. The Morgan fingerprint density at radius 3 is 2.67 bits per heavy atom. The molecule has 69 valence electrons. The standard InChI is InChI=1S/C12H21/c1-2-12-10-8-6-4-3-5-7-9-11-12/h8,10,12H,1-7,9,11H2/b10-8+. The van der Waals surface area contributed by atoms with Crippen LogP contribution in [0.4, 0.5) is 0 Å². The molecule has 0 fully saturated rings. The van der Waals surface area contributed by atoms with Crippen LogP contribution in [0.5, 0.6) is 0 Å². The van der Waals surface area contributed by atoms with Gasteiger partial charge in [-0.2, -0.15) is 0 Å². The van der Waals surface area contributed by atoms with Crippen LogP contribution in [0.3, 0.4) is 0 Å². The molecular formula is C12H21. The zero-order valence-corrected chi connectivity index (χ0v) is 8.10. The van der Waals surface area contributed by atoms with Gasteiger partial charge in [0.25, 0.3) is 0 Å². The molecule has 1 radical (unpaired) electrons. The topological polar surface area (TPSA) is 0 Å². The minimum atomic E-state index is 0.767. The van der Waals surface area contributed by atoms with Gasteiger partial charge in [-0.15, -0.1) is 0 Å². The van der Waals surface area contributed by atoms with Crippen LogP contribution >= 0.6 is 0 Å². The Balaban J connectivity index is 2.31. The number of hydrogen-bond donors (Lipinski definition) is 0. The highest BCUT2D eigenvalue weighted by atomic mass is 14.1. The van der Waals surface area contributed by atoms with Gasteiger partial charge in [-0.3, -0.25) is 0 Å². The number of hydrogen-bond acceptors (Lipinski definition) is 0. The highest BCUT2D eigenvalue weighted by Crippen LogP contribution is 2.18. The first kappa shape index (κ1) is 9.83. The third-order valence-corrected chi connectivity index (χ3v) is 2.72. The van der Waals surface area contributed by atoms with Crippen LogP contribution in [0.2, 0.25) is 0 Å². The fraction of sp³-hybridized carbons (Fsp3) is 0.750. The molecule has 0 amide bonds. The minimum Gasteiger partial charge on any atom is -0.0883 e. The summed E-state index contributed by atoms with van der Waals surface area (Å²) in [5.74, 6) is 0.767. The lowest BCUT2D eigenvalue weighted by Crippen LogP contribution is -1.95. The summed E-state index contributed by atoms with van der Waals surface area (Å²) in [6.45, 7) is 3.98. The SMILES string of the molecule is [CH2]CC1/C=C/CCCCCCC1. The second-order valence-electron chi connectivity index (χ2n) is 3.82. The highest BCUT2D eigenvalue weighted by Gasteiger charge is 2.02. The van der Waals surface area contributed by atoms with E-state index in [-0.39, 0.29) is 0 Å². The van der Waals surface area contributed by atoms with Gasteiger partial charge in [-0.05, 0) is 31.6 Å². The smallest absolute Gasteiger partial charge is 0.0234 e. The van der Waals surface area contributed by atoms with Gasteiger partial charge in [0.05, 0.1) is 0 Å². The quantitative estimate of drug-likeness (QED) is 0.512. The number of allylic oxidation sites excluding steroid dienone is 2. The highest BCUT2D eigenvalue weighted by molar-refractivity contribution is 4.89. The summed E-state index contributed by atoms with van der Waals surface area (Å²) >= 11 is 0. The second-order valence-corrected chi connectivity index (χ2v) is 3.82. The van der Waals surface area contributed by atoms with E-state index in [9.17, 15) is 0 Å². The molecule has 0 N–H and O–H groups in total. The first-order valence-electron chi connectivity index (χ1n) is 5.39. The van der Waals surface area contributed by atoms with Gasteiger partial charge in [-0.25, -0.2) is 0 Å². The zero-order chi connectivity index (χ0) is 8.65. The summed E-state index contributed by atoms with van der Waals surface area (Å²) in [7, 11) is 0. The Bertz CT molecular complexity index is 124. The number of rotatable bonds is 1. The Morgan fingerprint density at radius 1 is 1.08 bits per heavy atom. The van der Waals surface area contributed by atoms with E-state index in [1.807, 2.05) is 0 Å². The third kappa shape index (κ3) is 3.94.